The maximum atomic E-state index is 12.2. The van der Waals surface area contributed by atoms with Crippen molar-refractivity contribution in [2.45, 2.75) is 31.3 Å². The van der Waals surface area contributed by atoms with Crippen molar-refractivity contribution in [1.29, 1.82) is 0 Å². The van der Waals surface area contributed by atoms with E-state index in [1.807, 2.05) is 48.5 Å². The fourth-order valence-electron chi connectivity index (χ4n) is 3.51. The van der Waals surface area contributed by atoms with E-state index in [9.17, 15) is 9.59 Å². The van der Waals surface area contributed by atoms with E-state index in [2.05, 4.69) is 10.6 Å². The molecule has 0 spiro atoms. The highest BCUT2D eigenvalue weighted by Gasteiger charge is 2.26. The molecule has 2 N–H and O–H groups in total. The van der Waals surface area contributed by atoms with Crippen molar-refractivity contribution in [3.8, 4) is 11.5 Å². The summed E-state index contributed by atoms with van der Waals surface area (Å²) < 4.78 is 11.1. The first kappa shape index (κ1) is 17.4. The minimum atomic E-state index is -0.116. The molecule has 4 rings (SSSR count). The van der Waals surface area contributed by atoms with Gasteiger partial charge in [0.25, 0.3) is 0 Å². The molecule has 2 aromatic carbocycles. The summed E-state index contributed by atoms with van der Waals surface area (Å²) in [7, 11) is 0. The summed E-state index contributed by atoms with van der Waals surface area (Å²) in [4.78, 5) is 24.4. The van der Waals surface area contributed by atoms with Gasteiger partial charge in [-0.15, -0.1) is 0 Å². The molecule has 27 heavy (non-hydrogen) atoms. The first-order chi connectivity index (χ1) is 13.2. The topological polar surface area (TPSA) is 76.7 Å². The summed E-state index contributed by atoms with van der Waals surface area (Å²) in [5, 5.41) is 5.96. The lowest BCUT2D eigenvalue weighted by Crippen LogP contribution is -2.31. The Morgan fingerprint density at radius 2 is 1.22 bits per heavy atom. The summed E-state index contributed by atoms with van der Waals surface area (Å²) in [5.41, 5.74) is 2.01. The largest absolute Gasteiger partial charge is 0.491 e. The highest BCUT2D eigenvalue weighted by molar-refractivity contribution is 5.79. The zero-order chi connectivity index (χ0) is 18.6. The van der Waals surface area contributed by atoms with Crippen LogP contribution in [0.5, 0.6) is 11.5 Å². The molecule has 2 atom stereocenters. The number of amides is 2. The summed E-state index contributed by atoms with van der Waals surface area (Å²) >= 11 is 0. The van der Waals surface area contributed by atoms with Crippen molar-refractivity contribution < 1.29 is 19.1 Å². The number of hydrogen-bond acceptors (Lipinski definition) is 4. The Kier molecular flexibility index (Phi) is 4.96. The summed E-state index contributed by atoms with van der Waals surface area (Å²) in [6.45, 7) is 0.902. The van der Waals surface area contributed by atoms with Crippen molar-refractivity contribution in [1.82, 2.24) is 10.6 Å². The molecule has 2 heterocycles. The predicted molar refractivity (Wildman–Crippen MR) is 99.5 cm³/mol. The summed E-state index contributed by atoms with van der Waals surface area (Å²) in [6, 6.07) is 15.2. The minimum absolute atomic E-state index is 0.0670. The van der Waals surface area contributed by atoms with Crippen LogP contribution < -0.4 is 20.1 Å². The molecule has 2 aliphatic rings. The molecule has 0 saturated heterocycles. The van der Waals surface area contributed by atoms with Gasteiger partial charge in [0, 0.05) is 24.0 Å². The molecule has 2 aromatic rings. The van der Waals surface area contributed by atoms with Gasteiger partial charge >= 0.3 is 0 Å². The Balaban J connectivity index is 1.20. The molecule has 0 aromatic heterocycles. The molecule has 0 radical (unpaired) electrons. The third kappa shape index (κ3) is 3.89. The fraction of sp³-hybridized carbons (Fsp3) is 0.333. The summed E-state index contributed by atoms with van der Waals surface area (Å²) in [5.74, 6) is 1.51. The number of nitrogens with one attached hydrogen (secondary N) is 2. The lowest BCUT2D eigenvalue weighted by Gasteiger charge is -2.13. The molecule has 0 aliphatic carbocycles. The number of rotatable bonds is 6. The van der Waals surface area contributed by atoms with Crippen molar-refractivity contribution in [2.75, 3.05) is 13.2 Å². The smallest absolute Gasteiger partial charge is 0.220 e. The summed E-state index contributed by atoms with van der Waals surface area (Å²) in [6.07, 6.45) is 1.12. The predicted octanol–water partition coefficient (Wildman–Crippen LogP) is 2.66. The van der Waals surface area contributed by atoms with E-state index in [0.29, 0.717) is 32.5 Å². The van der Waals surface area contributed by atoms with Crippen LogP contribution in [0.2, 0.25) is 0 Å². The van der Waals surface area contributed by atoms with Crippen LogP contribution in [0.4, 0.5) is 0 Å². The van der Waals surface area contributed by atoms with Crippen LogP contribution in [0.3, 0.4) is 0 Å². The van der Waals surface area contributed by atoms with Gasteiger partial charge < -0.3 is 20.1 Å². The Morgan fingerprint density at radius 3 is 1.70 bits per heavy atom. The molecule has 0 unspecified atom stereocenters. The number of carbonyl (C=O) groups is 2. The molecule has 6 nitrogen and oxygen atoms in total. The highest BCUT2D eigenvalue weighted by Crippen LogP contribution is 2.32. The maximum absolute atomic E-state index is 12.2. The van der Waals surface area contributed by atoms with E-state index in [4.69, 9.17) is 9.47 Å². The normalized spacial score (nSPS) is 19.4. The van der Waals surface area contributed by atoms with Gasteiger partial charge in [0.05, 0.1) is 12.1 Å². The number of benzene rings is 2. The van der Waals surface area contributed by atoms with Crippen molar-refractivity contribution in [3.05, 3.63) is 59.7 Å². The zero-order valence-electron chi connectivity index (χ0n) is 14.9. The fourth-order valence-corrected chi connectivity index (χ4v) is 3.51. The quantitative estimate of drug-likeness (QED) is 0.824. The molecule has 140 valence electrons. The monoisotopic (exact) mass is 366 g/mol. The van der Waals surface area contributed by atoms with E-state index in [0.717, 1.165) is 22.6 Å². The van der Waals surface area contributed by atoms with E-state index in [1.54, 1.807) is 0 Å². The van der Waals surface area contributed by atoms with Gasteiger partial charge in [-0.05, 0) is 18.6 Å². The number of para-hydroxylation sites is 2. The van der Waals surface area contributed by atoms with Crippen LogP contribution in [0.1, 0.15) is 42.5 Å². The highest BCUT2D eigenvalue weighted by atomic mass is 16.5. The number of fused-ring (bicyclic) bond motifs is 2. The van der Waals surface area contributed by atoms with Crippen molar-refractivity contribution in [2.24, 2.45) is 0 Å². The maximum Gasteiger partial charge on any atom is 0.220 e. The van der Waals surface area contributed by atoms with E-state index >= 15 is 0 Å². The van der Waals surface area contributed by atoms with Crippen LogP contribution in [0.25, 0.3) is 0 Å². The van der Waals surface area contributed by atoms with E-state index in [1.165, 1.54) is 0 Å². The van der Waals surface area contributed by atoms with Crippen molar-refractivity contribution >= 4 is 11.8 Å². The molecule has 2 aliphatic heterocycles. The second-order valence-corrected chi connectivity index (χ2v) is 6.79. The zero-order valence-corrected chi connectivity index (χ0v) is 14.9. The third-order valence-corrected chi connectivity index (χ3v) is 4.88. The van der Waals surface area contributed by atoms with E-state index < -0.39 is 0 Å². The van der Waals surface area contributed by atoms with Crippen LogP contribution in [0, 0.1) is 0 Å². The minimum Gasteiger partial charge on any atom is -0.491 e. The van der Waals surface area contributed by atoms with Gasteiger partial charge in [-0.3, -0.25) is 9.59 Å². The Labute approximate surface area is 157 Å². The number of carbonyl (C=O) groups excluding carboxylic acids is 2. The first-order valence-corrected chi connectivity index (χ1v) is 9.23. The van der Waals surface area contributed by atoms with Crippen LogP contribution in [-0.4, -0.2) is 25.0 Å². The Morgan fingerprint density at radius 1 is 0.778 bits per heavy atom. The third-order valence-electron chi connectivity index (χ3n) is 4.88. The van der Waals surface area contributed by atoms with Crippen LogP contribution in [0.15, 0.2) is 48.5 Å². The van der Waals surface area contributed by atoms with Gasteiger partial charge in [0.2, 0.25) is 11.8 Å². The van der Waals surface area contributed by atoms with Gasteiger partial charge in [0.1, 0.15) is 24.7 Å². The Bertz CT molecular complexity index is 782. The van der Waals surface area contributed by atoms with Gasteiger partial charge in [0.15, 0.2) is 0 Å². The number of ether oxygens (including phenoxy) is 2. The van der Waals surface area contributed by atoms with Crippen molar-refractivity contribution in [3.63, 3.8) is 0 Å². The molecular weight excluding hydrogens is 344 g/mol. The Hall–Kier alpha value is -3.02. The van der Waals surface area contributed by atoms with E-state index in [-0.39, 0.29) is 23.9 Å². The molecule has 2 amide bonds. The van der Waals surface area contributed by atoms with Crippen LogP contribution >= 0.6 is 0 Å². The second kappa shape index (κ2) is 7.70. The number of hydrogen-bond donors (Lipinski definition) is 2. The van der Waals surface area contributed by atoms with Gasteiger partial charge in [-0.2, -0.15) is 0 Å². The standard InChI is InChI=1S/C21H22N2O4/c24-20(22-16-12-26-18-8-3-1-6-14(16)18)10-5-11-21(25)23-17-13-27-19-9-4-2-7-15(17)19/h1-4,6-9,16-17H,5,10-13H2,(H,22,24)(H,23,25)/t16-,17-/m1/s1. The molecule has 0 saturated carbocycles. The molecule has 6 heteroatoms. The van der Waals surface area contributed by atoms with Gasteiger partial charge in [-0.1, -0.05) is 36.4 Å². The van der Waals surface area contributed by atoms with Gasteiger partial charge in [-0.25, -0.2) is 0 Å². The molecule has 0 fully saturated rings. The molecule has 0 bridgehead atoms. The van der Waals surface area contributed by atoms with Crippen LogP contribution in [-0.2, 0) is 9.59 Å². The second-order valence-electron chi connectivity index (χ2n) is 6.79. The molecular formula is C21H22N2O4. The average molecular weight is 366 g/mol. The SMILES string of the molecule is O=C(CCCC(=O)N[C@@H]1COc2ccccc21)N[C@@H]1COc2ccccc21. The first-order valence-electron chi connectivity index (χ1n) is 9.23. The lowest BCUT2D eigenvalue weighted by molar-refractivity contribution is -0.123. The lowest BCUT2D eigenvalue weighted by atomic mass is 10.1. The average Bonchev–Trinajstić information content (AvgIpc) is 3.27.